The molecule has 0 aromatic rings. The minimum absolute atomic E-state index is 0.690. The second kappa shape index (κ2) is 7.54. The topological polar surface area (TPSA) is 47.6 Å². The Kier molecular flexibility index (Phi) is 7.15. The lowest BCUT2D eigenvalue weighted by atomic mass is 10.4. The summed E-state index contributed by atoms with van der Waals surface area (Å²) in [5.41, 5.74) is 5.57. The highest BCUT2D eigenvalue weighted by molar-refractivity contribution is 5.80. The molecule has 0 unspecified atom stereocenters. The lowest BCUT2D eigenvalue weighted by Gasteiger charge is -2.00. The molecule has 0 aromatic carbocycles. The molecular formula is C8H18N2O. The number of hydrogen-bond donors (Lipinski definition) is 1. The van der Waals surface area contributed by atoms with E-state index in [9.17, 15) is 0 Å². The van der Waals surface area contributed by atoms with Gasteiger partial charge in [0.1, 0.15) is 0 Å². The number of amidine groups is 1. The van der Waals surface area contributed by atoms with Gasteiger partial charge in [0.15, 0.2) is 0 Å². The Labute approximate surface area is 68.6 Å². The van der Waals surface area contributed by atoms with E-state index in [4.69, 9.17) is 10.5 Å². The Bertz CT molecular complexity index is 113. The fourth-order valence-corrected chi connectivity index (χ4v) is 0.656. The first kappa shape index (κ1) is 10.4. The molecule has 0 aliphatic carbocycles. The van der Waals surface area contributed by atoms with Crippen molar-refractivity contribution in [3.05, 3.63) is 0 Å². The molecule has 0 rings (SSSR count). The second-order valence-corrected chi connectivity index (χ2v) is 2.32. The van der Waals surface area contributed by atoms with Crippen molar-refractivity contribution in [3.63, 3.8) is 0 Å². The number of ether oxygens (including phenoxy) is 1. The lowest BCUT2D eigenvalue weighted by Crippen LogP contribution is -2.15. The Balaban J connectivity index is 3.27. The number of hydrogen-bond acceptors (Lipinski definition) is 2. The number of aliphatic imine (C=N–C) groups is 1. The van der Waals surface area contributed by atoms with Crippen LogP contribution in [0.4, 0.5) is 0 Å². The van der Waals surface area contributed by atoms with Crippen molar-refractivity contribution in [2.24, 2.45) is 10.7 Å². The van der Waals surface area contributed by atoms with E-state index in [0.717, 1.165) is 26.0 Å². The second-order valence-electron chi connectivity index (χ2n) is 2.32. The Hall–Kier alpha value is -0.570. The van der Waals surface area contributed by atoms with Crippen LogP contribution in [-0.4, -0.2) is 25.6 Å². The van der Waals surface area contributed by atoms with Crippen LogP contribution in [0.1, 0.15) is 26.7 Å². The van der Waals surface area contributed by atoms with Crippen molar-refractivity contribution in [2.45, 2.75) is 26.7 Å². The molecule has 3 nitrogen and oxygen atoms in total. The first-order valence-electron chi connectivity index (χ1n) is 4.17. The van der Waals surface area contributed by atoms with Crippen LogP contribution in [0, 0.1) is 0 Å². The average Bonchev–Trinajstić information content (AvgIpc) is 2.01. The molecule has 0 spiro atoms. The maximum absolute atomic E-state index is 5.57. The third-order valence-corrected chi connectivity index (χ3v) is 1.25. The van der Waals surface area contributed by atoms with Gasteiger partial charge in [0.05, 0.1) is 12.4 Å². The molecule has 0 bridgehead atoms. The zero-order chi connectivity index (χ0) is 8.53. The highest BCUT2D eigenvalue weighted by Gasteiger charge is 1.90. The number of rotatable bonds is 6. The molecule has 0 aliphatic rings. The summed E-state index contributed by atoms with van der Waals surface area (Å²) in [6.45, 7) is 6.33. The predicted molar refractivity (Wildman–Crippen MR) is 47.9 cm³/mol. The van der Waals surface area contributed by atoms with Gasteiger partial charge in [0.25, 0.3) is 0 Å². The normalized spacial score (nSPS) is 12.0. The molecule has 66 valence electrons. The fraction of sp³-hybridized carbons (Fsp3) is 0.875. The third kappa shape index (κ3) is 7.33. The van der Waals surface area contributed by atoms with Gasteiger partial charge in [-0.15, -0.1) is 0 Å². The standard InChI is InChI=1S/C8H18N2O/c1-3-6-10-8(9)5-7-11-4-2/h3-7H2,1-2H3,(H2,9,10). The summed E-state index contributed by atoms with van der Waals surface area (Å²) >= 11 is 0. The summed E-state index contributed by atoms with van der Waals surface area (Å²) in [6.07, 6.45) is 1.81. The van der Waals surface area contributed by atoms with Crippen LogP contribution in [-0.2, 0) is 4.74 Å². The highest BCUT2D eigenvalue weighted by atomic mass is 16.5. The molecule has 11 heavy (non-hydrogen) atoms. The molecule has 0 atom stereocenters. The van der Waals surface area contributed by atoms with Crippen LogP contribution in [0.5, 0.6) is 0 Å². The van der Waals surface area contributed by atoms with Crippen molar-refractivity contribution in [1.82, 2.24) is 0 Å². The quantitative estimate of drug-likeness (QED) is 0.358. The third-order valence-electron chi connectivity index (χ3n) is 1.25. The summed E-state index contributed by atoms with van der Waals surface area (Å²) in [7, 11) is 0. The van der Waals surface area contributed by atoms with E-state index < -0.39 is 0 Å². The maximum Gasteiger partial charge on any atom is 0.0960 e. The summed E-state index contributed by atoms with van der Waals surface area (Å²) < 4.78 is 5.12. The van der Waals surface area contributed by atoms with Crippen molar-refractivity contribution in [3.8, 4) is 0 Å². The molecule has 0 aromatic heterocycles. The number of nitrogens with two attached hydrogens (primary N) is 1. The highest BCUT2D eigenvalue weighted by Crippen LogP contribution is 1.85. The van der Waals surface area contributed by atoms with Crippen LogP contribution < -0.4 is 5.73 Å². The molecular weight excluding hydrogens is 140 g/mol. The monoisotopic (exact) mass is 158 g/mol. The molecule has 0 amide bonds. The summed E-state index contributed by atoms with van der Waals surface area (Å²) in [5, 5.41) is 0. The SMILES string of the molecule is CCCN=C(N)CCOCC. The first-order chi connectivity index (χ1) is 5.31. The van der Waals surface area contributed by atoms with E-state index in [1.807, 2.05) is 6.92 Å². The smallest absolute Gasteiger partial charge is 0.0960 e. The molecule has 0 saturated carbocycles. The molecule has 2 N–H and O–H groups in total. The summed E-state index contributed by atoms with van der Waals surface area (Å²) in [5.74, 6) is 0.709. The maximum atomic E-state index is 5.57. The Morgan fingerprint density at radius 1 is 1.45 bits per heavy atom. The lowest BCUT2D eigenvalue weighted by molar-refractivity contribution is 0.155. The van der Waals surface area contributed by atoms with Gasteiger partial charge in [-0.2, -0.15) is 0 Å². The van der Waals surface area contributed by atoms with Crippen LogP contribution >= 0.6 is 0 Å². The Morgan fingerprint density at radius 2 is 2.18 bits per heavy atom. The van der Waals surface area contributed by atoms with E-state index in [1.165, 1.54) is 0 Å². The first-order valence-corrected chi connectivity index (χ1v) is 4.17. The fourth-order valence-electron chi connectivity index (χ4n) is 0.656. The van der Waals surface area contributed by atoms with Gasteiger partial charge in [0.2, 0.25) is 0 Å². The molecule has 3 heteroatoms. The van der Waals surface area contributed by atoms with Gasteiger partial charge in [-0.1, -0.05) is 6.92 Å². The van der Waals surface area contributed by atoms with E-state index in [-0.39, 0.29) is 0 Å². The molecule has 0 fully saturated rings. The Morgan fingerprint density at radius 3 is 2.73 bits per heavy atom. The zero-order valence-electron chi connectivity index (χ0n) is 7.47. The zero-order valence-corrected chi connectivity index (χ0v) is 7.47. The van der Waals surface area contributed by atoms with E-state index in [0.29, 0.717) is 12.4 Å². The minimum atomic E-state index is 0.690. The summed E-state index contributed by atoms with van der Waals surface area (Å²) in [6, 6.07) is 0. The van der Waals surface area contributed by atoms with Crippen molar-refractivity contribution in [2.75, 3.05) is 19.8 Å². The largest absolute Gasteiger partial charge is 0.387 e. The van der Waals surface area contributed by atoms with Gasteiger partial charge in [-0.3, -0.25) is 4.99 Å². The van der Waals surface area contributed by atoms with Crippen LogP contribution in [0.3, 0.4) is 0 Å². The predicted octanol–water partition coefficient (Wildman–Crippen LogP) is 1.18. The summed E-state index contributed by atoms with van der Waals surface area (Å²) in [4.78, 5) is 4.13. The van der Waals surface area contributed by atoms with Gasteiger partial charge in [-0.25, -0.2) is 0 Å². The minimum Gasteiger partial charge on any atom is -0.387 e. The van der Waals surface area contributed by atoms with Crippen molar-refractivity contribution < 1.29 is 4.74 Å². The molecule has 0 saturated heterocycles. The number of nitrogens with zero attached hydrogens (tertiary/aromatic N) is 1. The van der Waals surface area contributed by atoms with Crippen LogP contribution in [0.15, 0.2) is 4.99 Å². The molecule has 0 radical (unpaired) electrons. The van der Waals surface area contributed by atoms with Crippen LogP contribution in [0.25, 0.3) is 0 Å². The van der Waals surface area contributed by atoms with E-state index >= 15 is 0 Å². The van der Waals surface area contributed by atoms with Gasteiger partial charge >= 0.3 is 0 Å². The molecule has 0 aliphatic heterocycles. The van der Waals surface area contributed by atoms with Gasteiger partial charge in [-0.05, 0) is 13.3 Å². The van der Waals surface area contributed by atoms with Gasteiger partial charge in [0, 0.05) is 19.6 Å². The van der Waals surface area contributed by atoms with E-state index in [2.05, 4.69) is 11.9 Å². The average molecular weight is 158 g/mol. The van der Waals surface area contributed by atoms with Crippen molar-refractivity contribution in [1.29, 1.82) is 0 Å². The van der Waals surface area contributed by atoms with Gasteiger partial charge < -0.3 is 10.5 Å². The van der Waals surface area contributed by atoms with E-state index in [1.54, 1.807) is 0 Å². The van der Waals surface area contributed by atoms with Crippen LogP contribution in [0.2, 0.25) is 0 Å². The molecule has 0 heterocycles. The van der Waals surface area contributed by atoms with Crippen molar-refractivity contribution >= 4 is 5.84 Å².